The Morgan fingerprint density at radius 1 is 1.10 bits per heavy atom. The Kier molecular flexibility index (Phi) is 6.49. The lowest BCUT2D eigenvalue weighted by Gasteiger charge is -2.20. The van der Waals surface area contributed by atoms with Gasteiger partial charge in [-0.1, -0.05) is 24.6 Å². The number of halogens is 1. The van der Waals surface area contributed by atoms with Gasteiger partial charge in [0.25, 0.3) is 0 Å². The van der Waals surface area contributed by atoms with Gasteiger partial charge in [0.1, 0.15) is 23.1 Å². The minimum absolute atomic E-state index is 0.160. The highest BCUT2D eigenvalue weighted by Gasteiger charge is 2.23. The molecule has 3 aromatic rings. The molecule has 1 heterocycles. The molecule has 2 aromatic carbocycles. The molecule has 0 unspecified atom stereocenters. The summed E-state index contributed by atoms with van der Waals surface area (Å²) in [5.41, 5.74) is 1.08. The number of nitriles is 1. The number of ether oxygens (including phenoxy) is 1. The van der Waals surface area contributed by atoms with Crippen LogP contribution in [-0.4, -0.2) is 24.3 Å². The lowest BCUT2D eigenvalue weighted by atomic mass is 10.2. The summed E-state index contributed by atoms with van der Waals surface area (Å²) < 4.78 is 33.1. The minimum atomic E-state index is -3.67. The van der Waals surface area contributed by atoms with Crippen LogP contribution in [-0.2, 0) is 16.6 Å². The van der Waals surface area contributed by atoms with E-state index in [1.54, 1.807) is 61.8 Å². The number of pyridine rings is 1. The quantitative estimate of drug-likeness (QED) is 0.549. The molecular weight excluding hydrogens is 410 g/mol. The van der Waals surface area contributed by atoms with Crippen molar-refractivity contribution in [3.05, 3.63) is 83.1 Å². The number of sulfonamides is 1. The molecule has 0 aliphatic rings. The van der Waals surface area contributed by atoms with Crippen molar-refractivity contribution in [2.24, 2.45) is 0 Å². The molecular formula is C21H18ClN3O3S. The summed E-state index contributed by atoms with van der Waals surface area (Å²) in [6.07, 6.45) is 3.26. The normalized spacial score (nSPS) is 11.2. The van der Waals surface area contributed by atoms with E-state index in [4.69, 9.17) is 16.3 Å². The van der Waals surface area contributed by atoms with Crippen molar-refractivity contribution in [1.82, 2.24) is 9.29 Å². The number of rotatable bonds is 7. The standard InChI is InChI=1S/C21H18ClN3O3S/c1-2-25(15-16-10-12-24-13-11-16)29(26,27)18-8-6-17(7-9-18)28-21-5-3-4-20(22)19(21)14-23/h3-13H,2,15H2,1H3. The van der Waals surface area contributed by atoms with Gasteiger partial charge in [-0.2, -0.15) is 9.57 Å². The number of hydrogen-bond donors (Lipinski definition) is 0. The third-order valence-corrected chi connectivity index (χ3v) is 6.49. The molecule has 0 spiro atoms. The molecule has 0 amide bonds. The zero-order valence-electron chi connectivity index (χ0n) is 15.6. The van der Waals surface area contributed by atoms with Crippen molar-refractivity contribution in [3.63, 3.8) is 0 Å². The van der Waals surface area contributed by atoms with Gasteiger partial charge in [0.05, 0.1) is 9.92 Å². The molecule has 0 N–H and O–H groups in total. The Morgan fingerprint density at radius 3 is 2.41 bits per heavy atom. The Bertz CT molecular complexity index is 1130. The van der Waals surface area contributed by atoms with E-state index in [0.29, 0.717) is 23.1 Å². The van der Waals surface area contributed by atoms with Crippen LogP contribution in [0, 0.1) is 11.3 Å². The second kappa shape index (κ2) is 9.05. The summed E-state index contributed by atoms with van der Waals surface area (Å²) in [4.78, 5) is 4.11. The summed E-state index contributed by atoms with van der Waals surface area (Å²) in [5, 5.41) is 9.52. The molecule has 3 rings (SSSR count). The lowest BCUT2D eigenvalue weighted by molar-refractivity contribution is 0.423. The zero-order valence-corrected chi connectivity index (χ0v) is 17.2. The third kappa shape index (κ3) is 4.74. The van der Waals surface area contributed by atoms with Crippen LogP contribution in [0.3, 0.4) is 0 Å². The van der Waals surface area contributed by atoms with Crippen LogP contribution in [0.2, 0.25) is 5.02 Å². The van der Waals surface area contributed by atoms with Crippen molar-refractivity contribution in [2.75, 3.05) is 6.54 Å². The molecule has 6 nitrogen and oxygen atoms in total. The Balaban J connectivity index is 1.81. The molecule has 0 radical (unpaired) electrons. The van der Waals surface area contributed by atoms with Crippen LogP contribution in [0.5, 0.6) is 11.5 Å². The van der Waals surface area contributed by atoms with Gasteiger partial charge in [-0.15, -0.1) is 0 Å². The summed E-state index contributed by atoms with van der Waals surface area (Å²) in [5.74, 6) is 0.711. The van der Waals surface area contributed by atoms with E-state index < -0.39 is 10.0 Å². The maximum Gasteiger partial charge on any atom is 0.243 e. The van der Waals surface area contributed by atoms with Gasteiger partial charge in [-0.3, -0.25) is 4.98 Å². The first-order valence-electron chi connectivity index (χ1n) is 8.81. The molecule has 0 aliphatic carbocycles. The van der Waals surface area contributed by atoms with Gasteiger partial charge < -0.3 is 4.74 Å². The van der Waals surface area contributed by atoms with E-state index in [9.17, 15) is 13.7 Å². The fourth-order valence-corrected chi connectivity index (χ4v) is 4.36. The molecule has 8 heteroatoms. The SMILES string of the molecule is CCN(Cc1ccncc1)S(=O)(=O)c1ccc(Oc2cccc(Cl)c2C#N)cc1. The maximum atomic E-state index is 13.0. The number of hydrogen-bond acceptors (Lipinski definition) is 5. The van der Waals surface area contributed by atoms with Gasteiger partial charge in [-0.25, -0.2) is 8.42 Å². The zero-order chi connectivity index (χ0) is 20.9. The van der Waals surface area contributed by atoms with Crippen molar-refractivity contribution in [1.29, 1.82) is 5.26 Å². The molecule has 0 saturated heterocycles. The number of nitrogens with zero attached hydrogens (tertiary/aromatic N) is 3. The van der Waals surface area contributed by atoms with Crippen LogP contribution in [0.15, 0.2) is 71.9 Å². The Labute approximate surface area is 175 Å². The molecule has 0 saturated carbocycles. The average molecular weight is 428 g/mol. The van der Waals surface area contributed by atoms with Gasteiger partial charge in [0, 0.05) is 25.5 Å². The van der Waals surface area contributed by atoms with E-state index in [1.807, 2.05) is 6.07 Å². The first-order chi connectivity index (χ1) is 14.0. The van der Waals surface area contributed by atoms with Crippen LogP contribution in [0.25, 0.3) is 0 Å². The third-order valence-electron chi connectivity index (χ3n) is 4.24. The summed E-state index contributed by atoms with van der Waals surface area (Å²) in [6, 6.07) is 16.5. The van der Waals surface area contributed by atoms with Crippen molar-refractivity contribution in [3.8, 4) is 17.6 Å². The lowest BCUT2D eigenvalue weighted by Crippen LogP contribution is -2.30. The van der Waals surface area contributed by atoms with E-state index in [0.717, 1.165) is 5.56 Å². The van der Waals surface area contributed by atoms with Gasteiger partial charge in [0.15, 0.2) is 0 Å². The summed E-state index contributed by atoms with van der Waals surface area (Å²) in [7, 11) is -3.67. The monoisotopic (exact) mass is 427 g/mol. The second-order valence-corrected chi connectivity index (χ2v) is 8.43. The Hall–Kier alpha value is -2.92. The molecule has 29 heavy (non-hydrogen) atoms. The molecule has 0 atom stereocenters. The number of benzene rings is 2. The van der Waals surface area contributed by atoms with E-state index in [1.165, 1.54) is 16.4 Å². The first kappa shape index (κ1) is 20.8. The molecule has 1 aromatic heterocycles. The van der Waals surface area contributed by atoms with Crippen LogP contribution < -0.4 is 4.74 Å². The average Bonchev–Trinajstić information content (AvgIpc) is 2.73. The van der Waals surface area contributed by atoms with Gasteiger partial charge >= 0.3 is 0 Å². The summed E-state index contributed by atoms with van der Waals surface area (Å²) >= 11 is 6.01. The largest absolute Gasteiger partial charge is 0.456 e. The van der Waals surface area contributed by atoms with Crippen molar-refractivity contribution in [2.45, 2.75) is 18.4 Å². The number of aromatic nitrogens is 1. The molecule has 148 valence electrons. The fourth-order valence-electron chi connectivity index (χ4n) is 2.71. The first-order valence-corrected chi connectivity index (χ1v) is 10.6. The smallest absolute Gasteiger partial charge is 0.243 e. The highest BCUT2D eigenvalue weighted by atomic mass is 35.5. The molecule has 0 fully saturated rings. The van der Waals surface area contributed by atoms with Crippen LogP contribution in [0.4, 0.5) is 0 Å². The van der Waals surface area contributed by atoms with E-state index >= 15 is 0 Å². The fraction of sp³-hybridized carbons (Fsp3) is 0.143. The predicted octanol–water partition coefficient (Wildman–Crippen LogP) is 4.61. The predicted molar refractivity (Wildman–Crippen MR) is 110 cm³/mol. The highest BCUT2D eigenvalue weighted by molar-refractivity contribution is 7.89. The van der Waals surface area contributed by atoms with E-state index in [2.05, 4.69) is 4.98 Å². The Morgan fingerprint density at radius 2 is 1.79 bits per heavy atom. The summed E-state index contributed by atoms with van der Waals surface area (Å²) in [6.45, 7) is 2.38. The van der Waals surface area contributed by atoms with Crippen molar-refractivity contribution >= 4 is 21.6 Å². The van der Waals surface area contributed by atoms with Crippen LogP contribution >= 0.6 is 11.6 Å². The molecule has 0 bridgehead atoms. The highest BCUT2D eigenvalue weighted by Crippen LogP contribution is 2.30. The maximum absolute atomic E-state index is 13.0. The van der Waals surface area contributed by atoms with Crippen molar-refractivity contribution < 1.29 is 13.2 Å². The van der Waals surface area contributed by atoms with Crippen LogP contribution in [0.1, 0.15) is 18.1 Å². The topological polar surface area (TPSA) is 83.3 Å². The van der Waals surface area contributed by atoms with Gasteiger partial charge in [-0.05, 0) is 54.1 Å². The molecule has 0 aliphatic heterocycles. The minimum Gasteiger partial charge on any atom is -0.456 e. The van der Waals surface area contributed by atoms with Gasteiger partial charge in [0.2, 0.25) is 10.0 Å². The van der Waals surface area contributed by atoms with E-state index in [-0.39, 0.29) is 17.0 Å². The second-order valence-electron chi connectivity index (χ2n) is 6.08.